The van der Waals surface area contributed by atoms with E-state index in [9.17, 15) is 4.79 Å². The molecule has 0 unspecified atom stereocenters. The van der Waals surface area contributed by atoms with E-state index in [-0.39, 0.29) is 11.2 Å². The van der Waals surface area contributed by atoms with Gasteiger partial charge in [-0.2, -0.15) is 0 Å². The van der Waals surface area contributed by atoms with E-state index in [0.717, 1.165) is 44.5 Å². The van der Waals surface area contributed by atoms with Crippen LogP contribution in [0, 0.1) is 5.41 Å². The van der Waals surface area contributed by atoms with Crippen LogP contribution in [-0.4, -0.2) is 10.8 Å². The Bertz CT molecular complexity index is 1020. The molecule has 4 heteroatoms. The Morgan fingerprint density at radius 2 is 1.59 bits per heavy atom. The average molecular weight is 441 g/mol. The summed E-state index contributed by atoms with van der Waals surface area (Å²) in [6.07, 6.45) is 1.34. The Hall–Kier alpha value is -1.97. The van der Waals surface area contributed by atoms with Gasteiger partial charge in [0, 0.05) is 27.0 Å². The zero-order valence-corrected chi connectivity index (χ0v) is 17.6. The first-order valence-corrected chi connectivity index (χ1v) is 10.1. The van der Waals surface area contributed by atoms with E-state index in [0.29, 0.717) is 11.4 Å². The molecule has 1 aliphatic rings. The molecule has 0 aliphatic heterocycles. The van der Waals surface area contributed by atoms with Crippen LogP contribution >= 0.6 is 27.5 Å². The predicted molar refractivity (Wildman–Crippen MR) is 114 cm³/mol. The highest BCUT2D eigenvalue weighted by molar-refractivity contribution is 9.10. The number of pyridine rings is 1. The molecule has 0 fully saturated rings. The van der Waals surface area contributed by atoms with E-state index in [4.69, 9.17) is 16.6 Å². The standard InChI is InChI=1S/C23H19BrClNO/c1-23(2)12-20-22(21(27)13-23)18(14-3-7-16(24)8-4-14)11-19(26-20)15-5-9-17(25)10-6-15/h3-11H,12-13H2,1-2H3. The third-order valence-corrected chi connectivity index (χ3v) is 5.73. The Labute approximate surface area is 172 Å². The molecule has 0 N–H and O–H groups in total. The van der Waals surface area contributed by atoms with Crippen LogP contribution in [0.5, 0.6) is 0 Å². The number of ketones is 1. The number of halogens is 2. The number of fused-ring (bicyclic) bond motifs is 1. The summed E-state index contributed by atoms with van der Waals surface area (Å²) in [4.78, 5) is 17.9. The maximum absolute atomic E-state index is 13.0. The number of Topliss-reactive ketones (excluding diaryl/α,β-unsaturated/α-hetero) is 1. The molecule has 136 valence electrons. The summed E-state index contributed by atoms with van der Waals surface area (Å²) in [7, 11) is 0. The van der Waals surface area contributed by atoms with Gasteiger partial charge in [0.2, 0.25) is 0 Å². The molecule has 0 saturated heterocycles. The first-order valence-electron chi connectivity index (χ1n) is 8.91. The normalized spacial score (nSPS) is 15.5. The summed E-state index contributed by atoms with van der Waals surface area (Å²) in [5.41, 5.74) is 5.44. The second-order valence-corrected chi connectivity index (χ2v) is 9.18. The number of nitrogens with zero attached hydrogens (tertiary/aromatic N) is 1. The molecule has 0 spiro atoms. The SMILES string of the molecule is CC1(C)CC(=O)c2c(-c3ccc(Br)cc3)cc(-c3ccc(Cl)cc3)nc2C1. The van der Waals surface area contributed by atoms with Gasteiger partial charge < -0.3 is 0 Å². The third kappa shape index (κ3) is 3.71. The van der Waals surface area contributed by atoms with Gasteiger partial charge in [0.15, 0.2) is 5.78 Å². The van der Waals surface area contributed by atoms with Gasteiger partial charge in [-0.3, -0.25) is 9.78 Å². The molecule has 3 aromatic rings. The Morgan fingerprint density at radius 3 is 2.26 bits per heavy atom. The summed E-state index contributed by atoms with van der Waals surface area (Å²) in [6, 6.07) is 17.8. The van der Waals surface area contributed by atoms with Crippen molar-refractivity contribution in [2.75, 3.05) is 0 Å². The van der Waals surface area contributed by atoms with Gasteiger partial charge >= 0.3 is 0 Å². The van der Waals surface area contributed by atoms with Crippen molar-refractivity contribution in [3.63, 3.8) is 0 Å². The second kappa shape index (κ2) is 6.88. The van der Waals surface area contributed by atoms with E-state index in [1.165, 1.54) is 0 Å². The summed E-state index contributed by atoms with van der Waals surface area (Å²) >= 11 is 9.53. The minimum Gasteiger partial charge on any atom is -0.294 e. The fourth-order valence-corrected chi connectivity index (χ4v) is 4.09. The molecular weight excluding hydrogens is 422 g/mol. The number of hydrogen-bond acceptors (Lipinski definition) is 2. The third-order valence-electron chi connectivity index (χ3n) is 4.95. The fourth-order valence-electron chi connectivity index (χ4n) is 3.70. The summed E-state index contributed by atoms with van der Waals surface area (Å²) in [5.74, 6) is 0.175. The molecule has 0 radical (unpaired) electrons. The topological polar surface area (TPSA) is 30.0 Å². The van der Waals surface area contributed by atoms with Crippen molar-refractivity contribution in [3.05, 3.63) is 75.4 Å². The van der Waals surface area contributed by atoms with Gasteiger partial charge in [0.05, 0.1) is 11.4 Å². The van der Waals surface area contributed by atoms with Gasteiger partial charge in [-0.1, -0.05) is 65.6 Å². The highest BCUT2D eigenvalue weighted by Gasteiger charge is 2.34. The monoisotopic (exact) mass is 439 g/mol. The second-order valence-electron chi connectivity index (χ2n) is 7.83. The van der Waals surface area contributed by atoms with E-state index < -0.39 is 0 Å². The van der Waals surface area contributed by atoms with E-state index in [1.807, 2.05) is 54.6 Å². The van der Waals surface area contributed by atoms with Crippen LogP contribution in [0.15, 0.2) is 59.1 Å². The molecule has 2 aromatic carbocycles. The molecule has 2 nitrogen and oxygen atoms in total. The number of hydrogen-bond donors (Lipinski definition) is 0. The Morgan fingerprint density at radius 1 is 0.963 bits per heavy atom. The fraction of sp³-hybridized carbons (Fsp3) is 0.217. The molecule has 1 aromatic heterocycles. The van der Waals surface area contributed by atoms with Crippen LogP contribution in [0.25, 0.3) is 22.4 Å². The predicted octanol–water partition coefficient (Wildman–Crippen LogP) is 6.99. The summed E-state index contributed by atoms with van der Waals surface area (Å²) < 4.78 is 1.01. The summed E-state index contributed by atoms with van der Waals surface area (Å²) in [5, 5.41) is 0.696. The molecular formula is C23H19BrClNO. The van der Waals surface area contributed by atoms with Crippen molar-refractivity contribution in [3.8, 4) is 22.4 Å². The zero-order chi connectivity index (χ0) is 19.2. The lowest BCUT2D eigenvalue weighted by Gasteiger charge is -2.31. The van der Waals surface area contributed by atoms with Gasteiger partial charge in [0.1, 0.15) is 0 Å². The lowest BCUT2D eigenvalue weighted by Crippen LogP contribution is -2.28. The van der Waals surface area contributed by atoms with Crippen LogP contribution in [-0.2, 0) is 6.42 Å². The van der Waals surface area contributed by atoms with Crippen LogP contribution in [0.2, 0.25) is 5.02 Å². The van der Waals surface area contributed by atoms with Crippen LogP contribution in [0.3, 0.4) is 0 Å². The van der Waals surface area contributed by atoms with Crippen LogP contribution in [0.4, 0.5) is 0 Å². The number of carbonyl (C=O) groups is 1. The van der Waals surface area contributed by atoms with Crippen molar-refractivity contribution in [2.45, 2.75) is 26.7 Å². The van der Waals surface area contributed by atoms with E-state index in [2.05, 4.69) is 29.8 Å². The molecule has 0 saturated carbocycles. The maximum atomic E-state index is 13.0. The van der Waals surface area contributed by atoms with Gasteiger partial charge in [-0.05, 0) is 53.3 Å². The van der Waals surface area contributed by atoms with Crippen molar-refractivity contribution in [1.29, 1.82) is 0 Å². The molecule has 27 heavy (non-hydrogen) atoms. The molecule has 0 bridgehead atoms. The van der Waals surface area contributed by atoms with Crippen molar-refractivity contribution >= 4 is 33.3 Å². The summed E-state index contributed by atoms with van der Waals surface area (Å²) in [6.45, 7) is 4.26. The first kappa shape index (κ1) is 18.4. The molecule has 4 rings (SSSR count). The van der Waals surface area contributed by atoms with Crippen LogP contribution < -0.4 is 0 Å². The van der Waals surface area contributed by atoms with Gasteiger partial charge in [0.25, 0.3) is 0 Å². The zero-order valence-electron chi connectivity index (χ0n) is 15.2. The van der Waals surface area contributed by atoms with Crippen molar-refractivity contribution < 1.29 is 4.79 Å². The lowest BCUT2D eigenvalue weighted by molar-refractivity contribution is 0.0911. The number of rotatable bonds is 2. The highest BCUT2D eigenvalue weighted by atomic mass is 79.9. The van der Waals surface area contributed by atoms with Crippen LogP contribution in [0.1, 0.15) is 36.3 Å². The Balaban J connectivity index is 1.95. The number of carbonyl (C=O) groups excluding carboxylic acids is 1. The molecule has 1 heterocycles. The highest BCUT2D eigenvalue weighted by Crippen LogP contribution is 2.40. The molecule has 0 amide bonds. The van der Waals surface area contributed by atoms with Gasteiger partial charge in [-0.15, -0.1) is 0 Å². The average Bonchev–Trinajstić information content (AvgIpc) is 2.61. The van der Waals surface area contributed by atoms with Crippen molar-refractivity contribution in [2.24, 2.45) is 5.41 Å². The minimum atomic E-state index is -0.0767. The van der Waals surface area contributed by atoms with Gasteiger partial charge in [-0.25, -0.2) is 0 Å². The molecule has 0 atom stereocenters. The molecule has 1 aliphatic carbocycles. The van der Waals surface area contributed by atoms with E-state index >= 15 is 0 Å². The lowest BCUT2D eigenvalue weighted by atomic mass is 9.74. The quantitative estimate of drug-likeness (QED) is 0.430. The number of benzene rings is 2. The maximum Gasteiger partial charge on any atom is 0.165 e. The minimum absolute atomic E-state index is 0.0767. The van der Waals surface area contributed by atoms with Crippen molar-refractivity contribution in [1.82, 2.24) is 4.98 Å². The first-order chi connectivity index (χ1) is 12.8. The Kier molecular flexibility index (Phi) is 4.69. The largest absolute Gasteiger partial charge is 0.294 e. The number of aromatic nitrogens is 1. The van der Waals surface area contributed by atoms with E-state index in [1.54, 1.807) is 0 Å². The smallest absolute Gasteiger partial charge is 0.165 e.